The van der Waals surface area contributed by atoms with Gasteiger partial charge in [-0.2, -0.15) is 0 Å². The Bertz CT molecular complexity index is 3060. The Morgan fingerprint density at radius 3 is 2.16 bits per heavy atom. The molecule has 1 radical (unpaired) electrons. The van der Waals surface area contributed by atoms with Crippen molar-refractivity contribution in [2.45, 2.75) is 109 Å². The number of hydrogen-bond donors (Lipinski definition) is 1. The van der Waals surface area contributed by atoms with E-state index >= 15 is 0 Å². The van der Waals surface area contributed by atoms with Crippen LogP contribution in [0.3, 0.4) is 0 Å². The van der Waals surface area contributed by atoms with Gasteiger partial charge in [-0.25, -0.2) is 0 Å². The molecule has 0 spiro atoms. The second-order valence-electron chi connectivity index (χ2n) is 19.8. The molecule has 0 amide bonds. The van der Waals surface area contributed by atoms with E-state index in [-0.39, 0.29) is 21.7 Å². The molecule has 2 atom stereocenters. The molecule has 1 N–H and O–H groups in total. The Labute approximate surface area is 334 Å². The van der Waals surface area contributed by atoms with Gasteiger partial charge in [-0.1, -0.05) is 77.9 Å². The topological polar surface area (TPSA) is 32.2 Å². The maximum atomic E-state index is 6.50. The zero-order valence-electron chi connectivity index (χ0n) is 33.9. The lowest BCUT2D eigenvalue weighted by atomic mass is 9.53. The van der Waals surface area contributed by atoms with Gasteiger partial charge in [0.15, 0.2) is 5.58 Å². The number of fused-ring (bicyclic) bond motifs is 9. The van der Waals surface area contributed by atoms with E-state index in [9.17, 15) is 0 Å². The number of aryl methyl sites for hydroxylation is 2. The summed E-state index contributed by atoms with van der Waals surface area (Å²) in [6.07, 6.45) is 6.05. The van der Waals surface area contributed by atoms with Crippen molar-refractivity contribution >= 4 is 89.0 Å². The van der Waals surface area contributed by atoms with Crippen LogP contribution in [0.15, 0.2) is 83.3 Å². The Morgan fingerprint density at radius 2 is 1.38 bits per heavy atom. The van der Waals surface area contributed by atoms with E-state index in [2.05, 4.69) is 145 Å². The fourth-order valence-corrected chi connectivity index (χ4v) is 13.1. The molecule has 4 bridgehead atoms. The molecular formula is C51H48BN2OS. The molecular weight excluding hydrogens is 699 g/mol. The highest BCUT2D eigenvalue weighted by Crippen LogP contribution is 2.59. The van der Waals surface area contributed by atoms with Crippen molar-refractivity contribution in [2.24, 2.45) is 0 Å². The number of rotatable bonds is 1. The molecule has 2 aliphatic carbocycles. The molecule has 0 saturated carbocycles. The van der Waals surface area contributed by atoms with E-state index in [1.807, 2.05) is 17.4 Å². The number of anilines is 3. The van der Waals surface area contributed by atoms with Crippen LogP contribution < -0.4 is 15.1 Å². The molecule has 5 heterocycles. The second kappa shape index (κ2) is 10.6. The molecule has 3 nitrogen and oxygen atoms in total. The van der Waals surface area contributed by atoms with Crippen LogP contribution in [0.2, 0.25) is 0 Å². The van der Waals surface area contributed by atoms with Crippen molar-refractivity contribution in [1.82, 2.24) is 4.98 Å². The summed E-state index contributed by atoms with van der Waals surface area (Å²) in [5.41, 5.74) is 21.1. The minimum absolute atomic E-state index is 0.0718. The Morgan fingerprint density at radius 1 is 0.661 bits per heavy atom. The number of benzene rings is 5. The molecule has 3 aromatic heterocycles. The van der Waals surface area contributed by atoms with Gasteiger partial charge < -0.3 is 14.3 Å². The molecule has 0 fully saturated rings. The number of aromatic nitrogens is 1. The van der Waals surface area contributed by atoms with Crippen LogP contribution >= 0.6 is 11.3 Å². The molecule has 4 aliphatic rings. The van der Waals surface area contributed by atoms with Crippen LogP contribution in [-0.4, -0.2) is 12.3 Å². The summed E-state index contributed by atoms with van der Waals surface area (Å²) in [6, 6.07) is 30.4. The third kappa shape index (κ3) is 4.25. The maximum absolute atomic E-state index is 6.50. The summed E-state index contributed by atoms with van der Waals surface area (Å²) in [6.45, 7) is 19.8. The van der Waals surface area contributed by atoms with Crippen LogP contribution in [0, 0.1) is 13.8 Å². The van der Waals surface area contributed by atoms with Gasteiger partial charge in [-0.3, -0.25) is 0 Å². The smallest absolute Gasteiger partial charge is 0.211 e. The highest BCUT2D eigenvalue weighted by atomic mass is 32.1. The number of hydrogen-bond acceptors (Lipinski definition) is 3. The Balaban J connectivity index is 1.18. The van der Waals surface area contributed by atoms with Crippen LogP contribution in [0.4, 0.5) is 17.1 Å². The number of para-hydroxylation sites is 2. The number of aromatic amines is 1. The molecule has 2 unspecified atom stereocenters. The van der Waals surface area contributed by atoms with E-state index in [4.69, 9.17) is 4.42 Å². The molecule has 8 aromatic rings. The monoisotopic (exact) mass is 747 g/mol. The molecule has 277 valence electrons. The first-order valence-electron chi connectivity index (χ1n) is 20.7. The van der Waals surface area contributed by atoms with Gasteiger partial charge in [0.25, 0.3) is 0 Å². The van der Waals surface area contributed by atoms with Crippen molar-refractivity contribution in [1.29, 1.82) is 0 Å². The fraction of sp³-hybridized carbons (Fsp3) is 0.333. The van der Waals surface area contributed by atoms with Gasteiger partial charge in [0.05, 0.1) is 16.7 Å². The zero-order chi connectivity index (χ0) is 38.3. The molecule has 2 aliphatic heterocycles. The van der Waals surface area contributed by atoms with Crippen molar-refractivity contribution in [3.8, 4) is 11.1 Å². The van der Waals surface area contributed by atoms with Gasteiger partial charge in [-0.05, 0) is 159 Å². The number of H-pyrrole nitrogens is 1. The van der Waals surface area contributed by atoms with Crippen LogP contribution in [-0.2, 0) is 21.7 Å². The van der Waals surface area contributed by atoms with Crippen molar-refractivity contribution in [2.75, 3.05) is 4.90 Å². The number of nitrogens with zero attached hydrogens (tertiary/aromatic N) is 1. The lowest BCUT2D eigenvalue weighted by Gasteiger charge is -2.51. The minimum atomic E-state index is 0.0718. The molecule has 5 aromatic carbocycles. The fourth-order valence-electron chi connectivity index (χ4n) is 11.9. The van der Waals surface area contributed by atoms with E-state index < -0.39 is 0 Å². The molecule has 12 rings (SSSR count). The number of thiophene rings is 1. The van der Waals surface area contributed by atoms with Crippen LogP contribution in [0.5, 0.6) is 0 Å². The predicted octanol–water partition coefficient (Wildman–Crippen LogP) is 13.1. The van der Waals surface area contributed by atoms with Gasteiger partial charge in [0.2, 0.25) is 7.28 Å². The summed E-state index contributed by atoms with van der Waals surface area (Å²) in [5, 5.41) is 3.65. The number of furan rings is 1. The highest BCUT2D eigenvalue weighted by Gasteiger charge is 2.49. The largest absolute Gasteiger partial charge is 0.454 e. The first-order valence-corrected chi connectivity index (χ1v) is 21.5. The summed E-state index contributed by atoms with van der Waals surface area (Å²) in [4.78, 5) is 6.56. The van der Waals surface area contributed by atoms with Crippen LogP contribution in [0.1, 0.15) is 107 Å². The maximum Gasteiger partial charge on any atom is 0.211 e. The van der Waals surface area contributed by atoms with E-state index in [0.717, 1.165) is 33.0 Å². The first-order chi connectivity index (χ1) is 26.7. The van der Waals surface area contributed by atoms with E-state index in [1.54, 1.807) is 22.3 Å². The van der Waals surface area contributed by atoms with Crippen molar-refractivity contribution in [3.63, 3.8) is 0 Å². The standard InChI is InChI=1S/C51H48BN2OS/c1-27-20-32(29-13-11-14-31-43(29)53-44-30-12-9-10-15-40(30)55-46(31)44)42-39(21-27)54-38-24-37-34(22-28(38)2)48(3,4)16-19-51(37,8)26-50(7)18-17-49(5,6)35-25-41-33(23-36(35)50)45(54)47(52-42)56-41/h9-15,20-25,53H,16-19,26H2,1-8H3. The molecule has 5 heteroatoms. The predicted molar refractivity (Wildman–Crippen MR) is 239 cm³/mol. The number of nitrogens with one attached hydrogen (secondary N) is 1. The average Bonchev–Trinajstić information content (AvgIpc) is 3.83. The summed E-state index contributed by atoms with van der Waals surface area (Å²) < 4.78 is 9.25. The lowest BCUT2D eigenvalue weighted by Crippen LogP contribution is -2.44. The zero-order valence-corrected chi connectivity index (χ0v) is 34.7. The molecule has 56 heavy (non-hydrogen) atoms. The SMILES string of the molecule is Cc1cc(-c2cccc3c2[nH]c2c4ccccc4oc32)c2c(c1)N1c3cc4c(cc3C)C(C)(C)CCC4(C)CC3(C)CCC(C)(C)c4cc5sc(c1c5cc43)[B]2. The first kappa shape index (κ1) is 33.4. The average molecular weight is 748 g/mol. The normalized spacial score (nSPS) is 22.8. The lowest BCUT2D eigenvalue weighted by molar-refractivity contribution is 0.208. The van der Waals surface area contributed by atoms with Gasteiger partial charge in [0.1, 0.15) is 5.58 Å². The summed E-state index contributed by atoms with van der Waals surface area (Å²) in [5.74, 6) is 0. The van der Waals surface area contributed by atoms with Crippen LogP contribution in [0.25, 0.3) is 54.2 Å². The quantitative estimate of drug-likeness (QED) is 0.170. The third-order valence-corrected chi connectivity index (χ3v) is 16.1. The summed E-state index contributed by atoms with van der Waals surface area (Å²) in [7, 11) is 2.52. The van der Waals surface area contributed by atoms with E-state index in [1.165, 1.54) is 91.7 Å². The van der Waals surface area contributed by atoms with Crippen molar-refractivity contribution < 1.29 is 4.42 Å². The van der Waals surface area contributed by atoms with Gasteiger partial charge in [-0.15, -0.1) is 11.3 Å². The summed E-state index contributed by atoms with van der Waals surface area (Å²) >= 11 is 1.98. The third-order valence-electron chi connectivity index (χ3n) is 15.0. The Kier molecular flexibility index (Phi) is 6.33. The minimum Gasteiger partial charge on any atom is -0.454 e. The highest BCUT2D eigenvalue weighted by molar-refractivity contribution is 7.29. The molecule has 0 saturated heterocycles. The Hall–Kier alpha value is -4.74. The van der Waals surface area contributed by atoms with E-state index in [0.29, 0.717) is 0 Å². The van der Waals surface area contributed by atoms with Gasteiger partial charge in [0, 0.05) is 37.8 Å². The second-order valence-corrected chi connectivity index (χ2v) is 20.9. The van der Waals surface area contributed by atoms with Gasteiger partial charge >= 0.3 is 0 Å². The van der Waals surface area contributed by atoms with Crippen molar-refractivity contribution in [3.05, 3.63) is 112 Å².